The maximum absolute atomic E-state index is 12.4. The van der Waals surface area contributed by atoms with Crippen LogP contribution in [0.5, 0.6) is 0 Å². The van der Waals surface area contributed by atoms with Crippen LogP contribution in [-0.2, 0) is 0 Å². The van der Waals surface area contributed by atoms with Gasteiger partial charge in [-0.1, -0.05) is 26.0 Å². The van der Waals surface area contributed by atoms with E-state index in [1.807, 2.05) is 29.2 Å². The molecule has 1 aromatic rings. The Kier molecular flexibility index (Phi) is 4.07. The molecule has 1 saturated heterocycles. The normalized spacial score (nSPS) is 24.8. The van der Waals surface area contributed by atoms with Crippen LogP contribution in [-0.4, -0.2) is 23.9 Å². The van der Waals surface area contributed by atoms with Crippen LogP contribution in [0, 0.1) is 15.4 Å². The summed E-state index contributed by atoms with van der Waals surface area (Å²) in [4.78, 5) is 14.4. The van der Waals surface area contributed by atoms with E-state index in [0.717, 1.165) is 22.2 Å². The van der Waals surface area contributed by atoms with E-state index in [4.69, 9.17) is 0 Å². The monoisotopic (exact) mass is 343 g/mol. The Hall–Kier alpha value is -0.580. The van der Waals surface area contributed by atoms with Gasteiger partial charge in [-0.3, -0.25) is 4.79 Å². The highest BCUT2D eigenvalue weighted by atomic mass is 127. The lowest BCUT2D eigenvalue weighted by Gasteiger charge is -2.35. The Balaban J connectivity index is 2.17. The highest BCUT2D eigenvalue weighted by Gasteiger charge is 2.26. The molecule has 0 N–H and O–H groups in total. The van der Waals surface area contributed by atoms with Crippen LogP contribution in [0.1, 0.15) is 30.6 Å². The highest BCUT2D eigenvalue weighted by molar-refractivity contribution is 14.1. The SMILES string of the molecule is CC1CC(C)CN(C(=O)c2ccccc2I)C1. The first kappa shape index (κ1) is 12.9. The maximum atomic E-state index is 12.4. The average molecular weight is 343 g/mol. The fourth-order valence-corrected chi connectivity index (χ4v) is 3.25. The smallest absolute Gasteiger partial charge is 0.254 e. The van der Waals surface area contributed by atoms with Gasteiger partial charge in [0.05, 0.1) is 5.56 Å². The second kappa shape index (κ2) is 5.38. The van der Waals surface area contributed by atoms with Crippen LogP contribution in [0.4, 0.5) is 0 Å². The van der Waals surface area contributed by atoms with E-state index >= 15 is 0 Å². The maximum Gasteiger partial charge on any atom is 0.254 e. The van der Waals surface area contributed by atoms with E-state index in [-0.39, 0.29) is 5.91 Å². The van der Waals surface area contributed by atoms with E-state index < -0.39 is 0 Å². The second-order valence-corrected chi connectivity index (χ2v) is 6.30. The molecule has 1 heterocycles. The standard InChI is InChI=1S/C14H18INO/c1-10-7-11(2)9-16(8-10)14(17)12-5-3-4-6-13(12)15/h3-6,10-11H,7-9H2,1-2H3. The fourth-order valence-electron chi connectivity index (χ4n) is 2.63. The summed E-state index contributed by atoms with van der Waals surface area (Å²) in [6.45, 7) is 6.25. The number of hydrogen-bond donors (Lipinski definition) is 0. The molecule has 0 radical (unpaired) electrons. The third-order valence-electron chi connectivity index (χ3n) is 3.26. The number of nitrogens with zero attached hydrogens (tertiary/aromatic N) is 1. The van der Waals surface area contributed by atoms with Crippen molar-refractivity contribution >= 4 is 28.5 Å². The largest absolute Gasteiger partial charge is 0.338 e. The molecule has 0 aliphatic carbocycles. The zero-order valence-electron chi connectivity index (χ0n) is 10.3. The Morgan fingerprint density at radius 3 is 2.41 bits per heavy atom. The molecule has 1 fully saturated rings. The van der Waals surface area contributed by atoms with Gasteiger partial charge in [-0.2, -0.15) is 0 Å². The molecule has 92 valence electrons. The quantitative estimate of drug-likeness (QED) is 0.716. The molecule has 3 heteroatoms. The summed E-state index contributed by atoms with van der Waals surface area (Å²) >= 11 is 2.23. The summed E-state index contributed by atoms with van der Waals surface area (Å²) in [5, 5.41) is 0. The van der Waals surface area contributed by atoms with Crippen molar-refractivity contribution in [3.63, 3.8) is 0 Å². The highest BCUT2D eigenvalue weighted by Crippen LogP contribution is 2.23. The van der Waals surface area contributed by atoms with E-state index in [2.05, 4.69) is 36.4 Å². The van der Waals surface area contributed by atoms with Gasteiger partial charge in [-0.15, -0.1) is 0 Å². The Morgan fingerprint density at radius 1 is 1.24 bits per heavy atom. The molecule has 17 heavy (non-hydrogen) atoms. The lowest BCUT2D eigenvalue weighted by atomic mass is 9.91. The van der Waals surface area contributed by atoms with Gasteiger partial charge < -0.3 is 4.90 Å². The topological polar surface area (TPSA) is 20.3 Å². The molecular formula is C14H18INO. The number of halogens is 1. The predicted molar refractivity (Wildman–Crippen MR) is 78.0 cm³/mol. The van der Waals surface area contributed by atoms with Crippen LogP contribution < -0.4 is 0 Å². The van der Waals surface area contributed by atoms with Crippen molar-refractivity contribution < 1.29 is 4.79 Å². The van der Waals surface area contributed by atoms with Crippen molar-refractivity contribution in [1.29, 1.82) is 0 Å². The van der Waals surface area contributed by atoms with Gasteiger partial charge in [0.15, 0.2) is 0 Å². The van der Waals surface area contributed by atoms with Crippen LogP contribution in [0.2, 0.25) is 0 Å². The number of rotatable bonds is 1. The van der Waals surface area contributed by atoms with E-state index in [1.54, 1.807) is 0 Å². The lowest BCUT2D eigenvalue weighted by molar-refractivity contribution is 0.0622. The summed E-state index contributed by atoms with van der Waals surface area (Å²) in [6.07, 6.45) is 1.23. The predicted octanol–water partition coefficient (Wildman–Crippen LogP) is 3.41. The summed E-state index contributed by atoms with van der Waals surface area (Å²) in [5.41, 5.74) is 0.842. The van der Waals surface area contributed by atoms with Gasteiger partial charge in [-0.25, -0.2) is 0 Å². The third-order valence-corrected chi connectivity index (χ3v) is 4.20. The summed E-state index contributed by atoms with van der Waals surface area (Å²) in [6, 6.07) is 7.82. The van der Waals surface area contributed by atoms with Crippen LogP contribution in [0.15, 0.2) is 24.3 Å². The van der Waals surface area contributed by atoms with Gasteiger partial charge in [0, 0.05) is 16.7 Å². The zero-order valence-corrected chi connectivity index (χ0v) is 12.5. The van der Waals surface area contributed by atoms with Crippen LogP contribution >= 0.6 is 22.6 Å². The number of carbonyl (C=O) groups excluding carboxylic acids is 1. The van der Waals surface area contributed by atoms with Crippen molar-refractivity contribution in [2.75, 3.05) is 13.1 Å². The van der Waals surface area contributed by atoms with Crippen molar-refractivity contribution in [1.82, 2.24) is 4.90 Å². The van der Waals surface area contributed by atoms with Gasteiger partial charge in [0.2, 0.25) is 0 Å². The van der Waals surface area contributed by atoms with Gasteiger partial charge in [0.1, 0.15) is 0 Å². The molecule has 0 aromatic heterocycles. The molecule has 0 bridgehead atoms. The molecule has 0 spiro atoms. The molecule has 1 aromatic carbocycles. The molecule has 1 aliphatic rings. The van der Waals surface area contributed by atoms with Crippen LogP contribution in [0.3, 0.4) is 0 Å². The summed E-state index contributed by atoms with van der Waals surface area (Å²) in [7, 11) is 0. The van der Waals surface area contributed by atoms with E-state index in [0.29, 0.717) is 11.8 Å². The van der Waals surface area contributed by atoms with E-state index in [9.17, 15) is 4.79 Å². The second-order valence-electron chi connectivity index (χ2n) is 5.14. The van der Waals surface area contributed by atoms with E-state index in [1.165, 1.54) is 6.42 Å². The molecule has 2 unspecified atom stereocenters. The number of carbonyl (C=O) groups is 1. The molecule has 1 amide bonds. The molecule has 2 atom stereocenters. The minimum Gasteiger partial charge on any atom is -0.338 e. The number of piperidine rings is 1. The first-order chi connectivity index (χ1) is 8.08. The Labute approximate surface area is 117 Å². The fraction of sp³-hybridized carbons (Fsp3) is 0.500. The average Bonchev–Trinajstić information content (AvgIpc) is 2.27. The Bertz CT molecular complexity index is 408. The molecule has 0 saturated carbocycles. The molecular weight excluding hydrogens is 325 g/mol. The third kappa shape index (κ3) is 3.00. The first-order valence-electron chi connectivity index (χ1n) is 6.11. The van der Waals surface area contributed by atoms with Gasteiger partial charge in [0.25, 0.3) is 5.91 Å². The lowest BCUT2D eigenvalue weighted by Crippen LogP contribution is -2.42. The zero-order chi connectivity index (χ0) is 12.4. The van der Waals surface area contributed by atoms with Gasteiger partial charge >= 0.3 is 0 Å². The summed E-state index contributed by atoms with van der Waals surface area (Å²) < 4.78 is 1.04. The van der Waals surface area contributed by atoms with Gasteiger partial charge in [-0.05, 0) is 53.0 Å². The number of likely N-dealkylation sites (tertiary alicyclic amines) is 1. The number of hydrogen-bond acceptors (Lipinski definition) is 1. The van der Waals surface area contributed by atoms with Crippen LogP contribution in [0.25, 0.3) is 0 Å². The number of benzene rings is 1. The molecule has 2 nitrogen and oxygen atoms in total. The Morgan fingerprint density at radius 2 is 1.82 bits per heavy atom. The first-order valence-corrected chi connectivity index (χ1v) is 7.19. The molecule has 2 rings (SSSR count). The minimum atomic E-state index is 0.188. The van der Waals surface area contributed by atoms with Crippen molar-refractivity contribution in [3.8, 4) is 0 Å². The van der Waals surface area contributed by atoms with Crippen molar-refractivity contribution in [2.45, 2.75) is 20.3 Å². The molecule has 1 aliphatic heterocycles. The number of amides is 1. The minimum absolute atomic E-state index is 0.188. The van der Waals surface area contributed by atoms with Crippen molar-refractivity contribution in [2.24, 2.45) is 11.8 Å². The van der Waals surface area contributed by atoms with Crippen molar-refractivity contribution in [3.05, 3.63) is 33.4 Å². The summed E-state index contributed by atoms with van der Waals surface area (Å²) in [5.74, 6) is 1.42.